The van der Waals surface area contributed by atoms with Gasteiger partial charge in [0.25, 0.3) is 0 Å². The highest BCUT2D eigenvalue weighted by atomic mass is 15.2. The number of aliphatic imine (C=N–C) groups is 1. The molecule has 4 heteroatoms. The highest BCUT2D eigenvalue weighted by Crippen LogP contribution is 2.39. The van der Waals surface area contributed by atoms with Crippen LogP contribution in [0.1, 0.15) is 113 Å². The van der Waals surface area contributed by atoms with Gasteiger partial charge in [-0.2, -0.15) is 0 Å². The molecule has 2 fully saturated rings. The smallest absolute Gasteiger partial charge is 0.133 e. The molecule has 2 aromatic heterocycles. The third-order valence-corrected chi connectivity index (χ3v) is 9.26. The molecule has 0 atom stereocenters. The van der Waals surface area contributed by atoms with Crippen molar-refractivity contribution in [3.05, 3.63) is 71.3 Å². The lowest BCUT2D eigenvalue weighted by molar-refractivity contribution is 0.320. The van der Waals surface area contributed by atoms with E-state index >= 15 is 0 Å². The fourth-order valence-electron chi connectivity index (χ4n) is 6.73. The molecule has 0 bridgehead atoms. The maximum absolute atomic E-state index is 5.00. The second kappa shape index (κ2) is 12.4. The molecule has 1 aliphatic heterocycles. The minimum Gasteiger partial charge on any atom is -0.330 e. The Kier molecular flexibility index (Phi) is 8.76. The number of hydrogen-bond acceptors (Lipinski definition) is 4. The largest absolute Gasteiger partial charge is 0.330 e. The summed E-state index contributed by atoms with van der Waals surface area (Å²) in [6.45, 7) is 12.3. The van der Waals surface area contributed by atoms with E-state index in [2.05, 4.69) is 56.0 Å². The number of aryl methyl sites for hydroxylation is 2. The number of allylic oxidation sites excluding steroid dienone is 2. The Hall–Kier alpha value is -2.75. The van der Waals surface area contributed by atoms with Gasteiger partial charge < -0.3 is 4.90 Å². The molecule has 4 nitrogen and oxygen atoms in total. The zero-order valence-electron chi connectivity index (χ0n) is 23.9. The molecule has 2 saturated carbocycles. The molecule has 2 aliphatic carbocycles. The lowest BCUT2D eigenvalue weighted by Crippen LogP contribution is -2.34. The highest BCUT2D eigenvalue weighted by Gasteiger charge is 2.29. The summed E-state index contributed by atoms with van der Waals surface area (Å²) in [7, 11) is 0. The van der Waals surface area contributed by atoms with Crippen LogP contribution >= 0.6 is 0 Å². The van der Waals surface area contributed by atoms with Gasteiger partial charge in [-0.25, -0.2) is 4.98 Å². The lowest BCUT2D eigenvalue weighted by atomic mass is 9.79. The number of pyridine rings is 2. The average molecular weight is 511 g/mol. The predicted octanol–water partition coefficient (Wildman–Crippen LogP) is 8.82. The van der Waals surface area contributed by atoms with Gasteiger partial charge in [-0.3, -0.25) is 9.98 Å². The Morgan fingerprint density at radius 2 is 1.76 bits per heavy atom. The molecule has 0 aromatic carbocycles. The number of rotatable bonds is 9. The maximum Gasteiger partial charge on any atom is 0.133 e. The summed E-state index contributed by atoms with van der Waals surface area (Å²) in [5, 5.41) is 0. The minimum absolute atomic E-state index is 0.574. The number of nitrogens with zero attached hydrogens (tertiary/aromatic N) is 4. The number of hydrogen-bond donors (Lipinski definition) is 0. The number of anilines is 1. The van der Waals surface area contributed by atoms with Crippen molar-refractivity contribution >= 4 is 17.2 Å². The topological polar surface area (TPSA) is 41.4 Å². The Morgan fingerprint density at radius 1 is 0.974 bits per heavy atom. The van der Waals surface area contributed by atoms with E-state index in [1.807, 2.05) is 6.20 Å². The molecule has 3 heterocycles. The summed E-state index contributed by atoms with van der Waals surface area (Å²) in [4.78, 5) is 17.3. The summed E-state index contributed by atoms with van der Waals surface area (Å²) < 4.78 is 0. The van der Waals surface area contributed by atoms with Crippen molar-refractivity contribution < 1.29 is 0 Å². The van der Waals surface area contributed by atoms with Crippen LogP contribution < -0.4 is 4.90 Å². The summed E-state index contributed by atoms with van der Waals surface area (Å²) in [5.41, 5.74) is 8.72. The van der Waals surface area contributed by atoms with Crippen molar-refractivity contribution in [3.63, 3.8) is 0 Å². The zero-order valence-corrected chi connectivity index (χ0v) is 23.9. The van der Waals surface area contributed by atoms with E-state index in [4.69, 9.17) is 21.5 Å². The van der Waals surface area contributed by atoms with Crippen molar-refractivity contribution in [2.45, 2.75) is 104 Å². The third kappa shape index (κ3) is 6.11. The van der Waals surface area contributed by atoms with Gasteiger partial charge in [0, 0.05) is 53.4 Å². The first kappa shape index (κ1) is 26.8. The fourth-order valence-corrected chi connectivity index (χ4v) is 6.73. The Bertz CT molecular complexity index is 1180. The Labute approximate surface area is 230 Å². The molecule has 0 amide bonds. The van der Waals surface area contributed by atoms with E-state index in [0.717, 1.165) is 37.3 Å². The van der Waals surface area contributed by atoms with Gasteiger partial charge in [0.15, 0.2) is 0 Å². The van der Waals surface area contributed by atoms with Crippen LogP contribution in [0.3, 0.4) is 0 Å². The molecule has 3 aliphatic rings. The van der Waals surface area contributed by atoms with E-state index in [-0.39, 0.29) is 0 Å². The second-order valence-corrected chi connectivity index (χ2v) is 11.7. The summed E-state index contributed by atoms with van der Waals surface area (Å²) in [6.07, 6.45) is 18.7. The van der Waals surface area contributed by atoms with E-state index in [0.29, 0.717) is 17.8 Å². The maximum atomic E-state index is 5.00. The van der Waals surface area contributed by atoms with E-state index in [9.17, 15) is 0 Å². The SMILES string of the molecule is C=C(C1CCCCC1)N(CC1CCC(c2ccc(CC)c(C)n2)CC1)c1cc(C2=CCC(CC)=N2)ccn1. The van der Waals surface area contributed by atoms with Gasteiger partial charge in [-0.05, 0) is 93.9 Å². The predicted molar refractivity (Wildman–Crippen MR) is 161 cm³/mol. The van der Waals surface area contributed by atoms with Crippen molar-refractivity contribution in [2.24, 2.45) is 16.8 Å². The van der Waals surface area contributed by atoms with Crippen LogP contribution in [0.15, 0.2) is 53.8 Å². The van der Waals surface area contributed by atoms with Gasteiger partial charge in [-0.15, -0.1) is 0 Å². The van der Waals surface area contributed by atoms with E-state index < -0.39 is 0 Å². The molecule has 202 valence electrons. The second-order valence-electron chi connectivity index (χ2n) is 11.7. The molecule has 38 heavy (non-hydrogen) atoms. The highest BCUT2D eigenvalue weighted by molar-refractivity contribution is 5.95. The van der Waals surface area contributed by atoms with Crippen molar-refractivity contribution in [2.75, 3.05) is 11.4 Å². The molecule has 2 aromatic rings. The van der Waals surface area contributed by atoms with Gasteiger partial charge in [0.1, 0.15) is 5.82 Å². The fraction of sp³-hybridized carbons (Fsp3) is 0.559. The van der Waals surface area contributed by atoms with Crippen molar-refractivity contribution in [3.8, 4) is 0 Å². The molecule has 0 unspecified atom stereocenters. The summed E-state index contributed by atoms with van der Waals surface area (Å²) >= 11 is 0. The van der Waals surface area contributed by atoms with E-state index in [1.165, 1.54) is 91.7 Å². The first-order valence-corrected chi connectivity index (χ1v) is 15.2. The Morgan fingerprint density at radius 3 is 2.45 bits per heavy atom. The standard InChI is InChI=1S/C34H46N4/c1-5-27-16-18-32(36-24(27)3)29-14-12-26(13-15-29)23-38(25(4)28-10-8-7-9-11-28)34-22-30(20-21-35-34)33-19-17-31(6-2)37-33/h16,18-22,26,28-29H,4-15,17,23H2,1-3H3. The van der Waals surface area contributed by atoms with Crippen molar-refractivity contribution in [1.29, 1.82) is 0 Å². The molecule has 0 spiro atoms. The summed E-state index contributed by atoms with van der Waals surface area (Å²) in [6, 6.07) is 8.96. The third-order valence-electron chi connectivity index (χ3n) is 9.26. The van der Waals surface area contributed by atoms with Crippen LogP contribution in [0.2, 0.25) is 0 Å². The first-order chi connectivity index (χ1) is 18.6. The van der Waals surface area contributed by atoms with Crippen molar-refractivity contribution in [1.82, 2.24) is 9.97 Å². The van der Waals surface area contributed by atoms with Gasteiger partial charge in [0.2, 0.25) is 0 Å². The molecular weight excluding hydrogens is 464 g/mol. The lowest BCUT2D eigenvalue weighted by Gasteiger charge is -2.37. The average Bonchev–Trinajstić information content (AvgIpc) is 3.46. The van der Waals surface area contributed by atoms with Crippen LogP contribution in [0.5, 0.6) is 0 Å². The van der Waals surface area contributed by atoms with Crippen LogP contribution in [-0.4, -0.2) is 22.2 Å². The van der Waals surface area contributed by atoms with Gasteiger partial charge in [0.05, 0.1) is 5.70 Å². The zero-order chi connectivity index (χ0) is 26.5. The number of aromatic nitrogens is 2. The van der Waals surface area contributed by atoms with Crippen LogP contribution in [-0.2, 0) is 6.42 Å². The first-order valence-electron chi connectivity index (χ1n) is 15.2. The van der Waals surface area contributed by atoms with Gasteiger partial charge in [-0.1, -0.05) is 51.8 Å². The molecule has 0 radical (unpaired) electrons. The quantitative estimate of drug-likeness (QED) is 0.338. The Balaban J connectivity index is 1.32. The normalized spacial score (nSPS) is 22.2. The van der Waals surface area contributed by atoms with Crippen LogP contribution in [0.4, 0.5) is 5.82 Å². The van der Waals surface area contributed by atoms with Crippen LogP contribution in [0, 0.1) is 18.8 Å². The molecular formula is C34H46N4. The minimum atomic E-state index is 0.574. The monoisotopic (exact) mass is 510 g/mol. The van der Waals surface area contributed by atoms with Gasteiger partial charge >= 0.3 is 0 Å². The van der Waals surface area contributed by atoms with Crippen LogP contribution in [0.25, 0.3) is 5.70 Å². The summed E-state index contributed by atoms with van der Waals surface area (Å²) in [5.74, 6) is 2.87. The van der Waals surface area contributed by atoms with E-state index in [1.54, 1.807) is 0 Å². The molecule has 5 rings (SSSR count). The molecule has 0 saturated heterocycles. The molecule has 0 N–H and O–H groups in total.